The monoisotopic (exact) mass is 194 g/mol. The van der Waals surface area contributed by atoms with Crippen molar-refractivity contribution in [2.24, 2.45) is 0 Å². The van der Waals surface area contributed by atoms with E-state index in [1.54, 1.807) is 0 Å². The zero-order valence-electron chi connectivity index (χ0n) is 8.47. The molecule has 2 N–H and O–H groups in total. The minimum atomic E-state index is -1.29. The Labute approximate surface area is 84.5 Å². The first-order valence-electron chi connectivity index (χ1n) is 4.69. The van der Waals surface area contributed by atoms with Crippen molar-refractivity contribution < 1.29 is 14.8 Å². The van der Waals surface area contributed by atoms with Crippen LogP contribution in [0.15, 0.2) is 24.3 Å². The Balaban J connectivity index is 2.59. The highest BCUT2D eigenvalue weighted by Gasteiger charge is 2.07. The van der Waals surface area contributed by atoms with Crippen LogP contribution in [0.5, 0.6) is 5.75 Å². The van der Waals surface area contributed by atoms with E-state index in [1.807, 2.05) is 38.1 Å². The lowest BCUT2D eigenvalue weighted by Crippen LogP contribution is -2.15. The van der Waals surface area contributed by atoms with Crippen LogP contribution in [0.25, 0.3) is 0 Å². The van der Waals surface area contributed by atoms with Gasteiger partial charge in [-0.25, -0.2) is 0 Å². The molecule has 0 saturated heterocycles. The van der Waals surface area contributed by atoms with E-state index in [9.17, 15) is 0 Å². The normalized spacial score (nSPS) is 10.4. The van der Waals surface area contributed by atoms with E-state index in [0.29, 0.717) is 0 Å². The molecule has 1 rings (SSSR count). The molecule has 0 radical (unpaired) electrons. The number of rotatable bonds is 4. The molecule has 0 spiro atoms. The van der Waals surface area contributed by atoms with Crippen LogP contribution in [0.4, 0.5) is 0 Å². The molecule has 0 saturated carbocycles. The molecule has 14 heavy (non-hydrogen) atoms. The van der Waals surface area contributed by atoms with Crippen LogP contribution in [0.3, 0.4) is 0 Å². The van der Waals surface area contributed by atoms with Gasteiger partial charge in [-0.05, 0) is 31.5 Å². The molecule has 76 valence electrons. The van der Waals surface area contributed by atoms with Crippen molar-refractivity contribution in [2.75, 3.05) is 0 Å². The van der Waals surface area contributed by atoms with Crippen LogP contribution in [-0.4, -0.2) is 23.3 Å². The molecule has 0 aliphatic rings. The Morgan fingerprint density at radius 3 is 2.21 bits per heavy atom. The van der Waals surface area contributed by atoms with E-state index >= 15 is 0 Å². The molecular weight excluding hydrogens is 179 g/mol. The van der Waals surface area contributed by atoms with Crippen LogP contribution in [0.2, 0.25) is 0 Å². The van der Waals surface area contributed by atoms with Crippen molar-refractivity contribution in [3.05, 3.63) is 29.8 Å². The largest absolute Gasteiger partial charge is 0.491 e. The molecule has 1 aromatic carbocycles. The minimum absolute atomic E-state index is 0.157. The summed E-state index contributed by atoms with van der Waals surface area (Å²) in [6, 6.07) is 7.32. The molecule has 0 aliphatic carbocycles. The highest BCUT2D eigenvalue weighted by atomic mass is 16.5. The second-order valence-corrected chi connectivity index (χ2v) is 3.50. The first-order chi connectivity index (χ1) is 6.58. The summed E-state index contributed by atoms with van der Waals surface area (Å²) in [6.07, 6.45) is 0.409. The van der Waals surface area contributed by atoms with E-state index in [1.165, 1.54) is 0 Å². The highest BCUT2D eigenvalue weighted by Crippen LogP contribution is 2.14. The third-order valence-electron chi connectivity index (χ3n) is 1.71. The smallest absolute Gasteiger partial charge is 0.456 e. The molecule has 0 heterocycles. The Kier molecular flexibility index (Phi) is 3.98. The lowest BCUT2D eigenvalue weighted by atomic mass is 9.82. The van der Waals surface area contributed by atoms with Gasteiger partial charge in [0.1, 0.15) is 5.75 Å². The van der Waals surface area contributed by atoms with Gasteiger partial charge in [0.15, 0.2) is 0 Å². The summed E-state index contributed by atoms with van der Waals surface area (Å²) in [5.74, 6) is 0.802. The summed E-state index contributed by atoms with van der Waals surface area (Å²) in [6.45, 7) is 3.93. The molecule has 0 amide bonds. The molecule has 1 aromatic rings. The second kappa shape index (κ2) is 5.03. The predicted octanol–water partition coefficient (Wildman–Crippen LogP) is 1.03. The third kappa shape index (κ3) is 3.81. The topological polar surface area (TPSA) is 49.7 Å². The summed E-state index contributed by atoms with van der Waals surface area (Å²) in [5, 5.41) is 17.5. The number of hydrogen-bond donors (Lipinski definition) is 2. The fourth-order valence-corrected chi connectivity index (χ4v) is 1.19. The van der Waals surface area contributed by atoms with Gasteiger partial charge < -0.3 is 14.8 Å². The predicted molar refractivity (Wildman–Crippen MR) is 56.1 cm³/mol. The van der Waals surface area contributed by atoms with Gasteiger partial charge in [0.25, 0.3) is 0 Å². The van der Waals surface area contributed by atoms with E-state index < -0.39 is 7.12 Å². The lowest BCUT2D eigenvalue weighted by Gasteiger charge is -2.09. The average Bonchev–Trinajstić information content (AvgIpc) is 2.06. The van der Waals surface area contributed by atoms with Crippen LogP contribution < -0.4 is 4.74 Å². The summed E-state index contributed by atoms with van der Waals surface area (Å²) in [7, 11) is -1.29. The SMILES string of the molecule is CC(C)Oc1ccc(CB(O)O)cc1. The van der Waals surface area contributed by atoms with Gasteiger partial charge in [-0.2, -0.15) is 0 Å². The summed E-state index contributed by atoms with van der Waals surface area (Å²) in [5.41, 5.74) is 0.885. The number of benzene rings is 1. The Hall–Kier alpha value is -0.995. The van der Waals surface area contributed by atoms with Crippen molar-refractivity contribution in [1.29, 1.82) is 0 Å². The van der Waals surface area contributed by atoms with E-state index in [2.05, 4.69) is 0 Å². The maximum atomic E-state index is 8.74. The Bertz CT molecular complexity index is 240. The fraction of sp³-hybridized carbons (Fsp3) is 0.400. The zero-order chi connectivity index (χ0) is 10.6. The quantitative estimate of drug-likeness (QED) is 0.703. The second-order valence-electron chi connectivity index (χ2n) is 3.50. The third-order valence-corrected chi connectivity index (χ3v) is 1.71. The van der Waals surface area contributed by atoms with Gasteiger partial charge >= 0.3 is 7.12 Å². The lowest BCUT2D eigenvalue weighted by molar-refractivity contribution is 0.242. The summed E-state index contributed by atoms with van der Waals surface area (Å²) >= 11 is 0. The van der Waals surface area contributed by atoms with Crippen molar-refractivity contribution in [1.82, 2.24) is 0 Å². The Morgan fingerprint density at radius 1 is 1.21 bits per heavy atom. The first-order valence-corrected chi connectivity index (χ1v) is 4.69. The molecule has 0 aromatic heterocycles. The van der Waals surface area contributed by atoms with Gasteiger partial charge in [0.05, 0.1) is 6.10 Å². The van der Waals surface area contributed by atoms with Crippen molar-refractivity contribution in [3.8, 4) is 5.75 Å². The summed E-state index contributed by atoms with van der Waals surface area (Å²) in [4.78, 5) is 0. The van der Waals surface area contributed by atoms with Crippen molar-refractivity contribution in [3.63, 3.8) is 0 Å². The van der Waals surface area contributed by atoms with Gasteiger partial charge in [-0.3, -0.25) is 0 Å². The summed E-state index contributed by atoms with van der Waals surface area (Å²) < 4.78 is 5.45. The van der Waals surface area contributed by atoms with Crippen LogP contribution in [-0.2, 0) is 6.32 Å². The number of hydrogen-bond acceptors (Lipinski definition) is 3. The highest BCUT2D eigenvalue weighted by molar-refractivity contribution is 6.40. The molecule has 4 heteroatoms. The van der Waals surface area contributed by atoms with Crippen molar-refractivity contribution in [2.45, 2.75) is 26.3 Å². The first kappa shape index (κ1) is 11.1. The zero-order valence-corrected chi connectivity index (χ0v) is 8.47. The van der Waals surface area contributed by atoms with Crippen molar-refractivity contribution >= 4 is 7.12 Å². The molecule has 0 fully saturated rings. The molecule has 3 nitrogen and oxygen atoms in total. The maximum absolute atomic E-state index is 8.74. The standard InChI is InChI=1S/C10H15BO3/c1-8(2)14-10-5-3-9(4-6-10)7-11(12)13/h3-6,8,12-13H,7H2,1-2H3. The van der Waals surface area contributed by atoms with Gasteiger partial charge in [0, 0.05) is 6.32 Å². The molecule has 0 aliphatic heterocycles. The van der Waals surface area contributed by atoms with E-state index in [-0.39, 0.29) is 12.4 Å². The molecular formula is C10H15BO3. The molecule has 0 atom stereocenters. The molecule has 0 unspecified atom stereocenters. The van der Waals surface area contributed by atoms with E-state index in [0.717, 1.165) is 11.3 Å². The average molecular weight is 194 g/mol. The van der Waals surface area contributed by atoms with Crippen LogP contribution >= 0.6 is 0 Å². The van der Waals surface area contributed by atoms with Crippen LogP contribution in [0, 0.1) is 0 Å². The molecule has 0 bridgehead atoms. The fourth-order valence-electron chi connectivity index (χ4n) is 1.19. The van der Waals surface area contributed by atoms with Gasteiger partial charge in [-0.1, -0.05) is 12.1 Å². The van der Waals surface area contributed by atoms with Gasteiger partial charge in [-0.15, -0.1) is 0 Å². The maximum Gasteiger partial charge on any atom is 0.456 e. The van der Waals surface area contributed by atoms with Gasteiger partial charge in [0.2, 0.25) is 0 Å². The minimum Gasteiger partial charge on any atom is -0.491 e. The van der Waals surface area contributed by atoms with E-state index in [4.69, 9.17) is 14.8 Å². The Morgan fingerprint density at radius 2 is 1.79 bits per heavy atom. The number of ether oxygens (including phenoxy) is 1. The van der Waals surface area contributed by atoms with Crippen LogP contribution in [0.1, 0.15) is 19.4 Å².